The number of thiazole rings is 1. The highest BCUT2D eigenvalue weighted by molar-refractivity contribution is 7.22. The van der Waals surface area contributed by atoms with E-state index in [0.29, 0.717) is 29.8 Å². The van der Waals surface area contributed by atoms with Crippen molar-refractivity contribution in [3.8, 4) is 16.9 Å². The van der Waals surface area contributed by atoms with Gasteiger partial charge >= 0.3 is 0 Å². The van der Waals surface area contributed by atoms with Crippen molar-refractivity contribution in [1.29, 1.82) is 0 Å². The number of nitrogens with one attached hydrogen (secondary N) is 1. The third-order valence-corrected chi connectivity index (χ3v) is 6.49. The molecule has 0 spiro atoms. The molecule has 3 N–H and O–H groups in total. The van der Waals surface area contributed by atoms with E-state index in [9.17, 15) is 4.39 Å². The molecule has 2 aliphatic heterocycles. The van der Waals surface area contributed by atoms with Crippen molar-refractivity contribution in [3.05, 3.63) is 40.4 Å². The van der Waals surface area contributed by atoms with E-state index < -0.39 is 11.6 Å². The van der Waals surface area contributed by atoms with Crippen molar-refractivity contribution in [1.82, 2.24) is 15.2 Å². The molecule has 0 aliphatic carbocycles. The second-order valence-corrected chi connectivity index (χ2v) is 8.44. The number of piperazine rings is 1. The Hall–Kier alpha value is -2.00. The fourth-order valence-electron chi connectivity index (χ4n) is 3.94. The van der Waals surface area contributed by atoms with Gasteiger partial charge in [-0.25, -0.2) is 13.8 Å². The van der Waals surface area contributed by atoms with Crippen molar-refractivity contribution < 1.29 is 13.5 Å². The van der Waals surface area contributed by atoms with Gasteiger partial charge in [0.1, 0.15) is 12.4 Å². The average molecular weight is 423 g/mol. The van der Waals surface area contributed by atoms with Gasteiger partial charge in [0.2, 0.25) is 0 Å². The van der Waals surface area contributed by atoms with Gasteiger partial charge < -0.3 is 15.8 Å². The first kappa shape index (κ1) is 18.1. The fraction of sp³-hybridized carbons (Fsp3) is 0.316. The number of benzene rings is 2. The molecule has 3 aromatic rings. The van der Waals surface area contributed by atoms with E-state index >= 15 is 4.39 Å². The zero-order chi connectivity index (χ0) is 19.4. The molecule has 0 amide bonds. The third-order valence-electron chi connectivity index (χ3n) is 5.30. The molecule has 1 atom stereocenters. The lowest BCUT2D eigenvalue weighted by atomic mass is 10.0. The van der Waals surface area contributed by atoms with Crippen LogP contribution >= 0.6 is 22.9 Å². The first-order chi connectivity index (χ1) is 13.5. The number of hydrogen-bond donors (Lipinski definition) is 2. The molecule has 5 nitrogen and oxygen atoms in total. The molecule has 0 unspecified atom stereocenters. The maximum absolute atomic E-state index is 15.6. The number of anilines is 1. The van der Waals surface area contributed by atoms with Crippen molar-refractivity contribution in [3.63, 3.8) is 0 Å². The van der Waals surface area contributed by atoms with Gasteiger partial charge in [-0.3, -0.25) is 4.90 Å². The van der Waals surface area contributed by atoms with Gasteiger partial charge in [0.25, 0.3) is 0 Å². The zero-order valence-electron chi connectivity index (χ0n) is 14.8. The number of hydrogen-bond acceptors (Lipinski definition) is 6. The van der Waals surface area contributed by atoms with Crippen LogP contribution in [0.25, 0.3) is 21.3 Å². The molecule has 9 heteroatoms. The predicted molar refractivity (Wildman–Crippen MR) is 107 cm³/mol. The third kappa shape index (κ3) is 2.83. The molecule has 1 aromatic heterocycles. The number of fused-ring (bicyclic) bond motifs is 3. The van der Waals surface area contributed by atoms with Crippen molar-refractivity contribution in [2.24, 2.45) is 0 Å². The minimum Gasteiger partial charge on any atom is -0.488 e. The van der Waals surface area contributed by atoms with Gasteiger partial charge in [-0.1, -0.05) is 22.9 Å². The summed E-state index contributed by atoms with van der Waals surface area (Å²) in [5, 5.41) is 3.79. The molecule has 5 rings (SSSR count). The molecule has 0 saturated carbocycles. The van der Waals surface area contributed by atoms with Gasteiger partial charge in [0, 0.05) is 42.9 Å². The molecule has 3 heterocycles. The second kappa shape index (κ2) is 6.81. The summed E-state index contributed by atoms with van der Waals surface area (Å²) in [6.45, 7) is 3.51. The van der Waals surface area contributed by atoms with Gasteiger partial charge in [-0.05, 0) is 18.2 Å². The maximum atomic E-state index is 15.6. The quantitative estimate of drug-likeness (QED) is 0.627. The van der Waals surface area contributed by atoms with Crippen LogP contribution in [0.4, 0.5) is 13.9 Å². The lowest BCUT2D eigenvalue weighted by Gasteiger charge is -2.33. The number of nitrogen functional groups attached to an aromatic ring is 1. The number of nitrogens with zero attached hydrogens (tertiary/aromatic N) is 2. The van der Waals surface area contributed by atoms with Crippen LogP contribution in [-0.2, 0) is 6.54 Å². The minimum absolute atomic E-state index is 0.161. The molecule has 2 aromatic carbocycles. The Bertz CT molecular complexity index is 1090. The van der Waals surface area contributed by atoms with Crippen molar-refractivity contribution in [2.75, 3.05) is 32.0 Å². The summed E-state index contributed by atoms with van der Waals surface area (Å²) in [5.74, 6) is -0.788. The van der Waals surface area contributed by atoms with Gasteiger partial charge in [0.05, 0.1) is 21.3 Å². The van der Waals surface area contributed by atoms with Crippen molar-refractivity contribution >= 4 is 38.3 Å². The monoisotopic (exact) mass is 422 g/mol. The number of nitrogens with two attached hydrogens (primary N) is 1. The average Bonchev–Trinajstić information content (AvgIpc) is 2.96. The van der Waals surface area contributed by atoms with Crippen LogP contribution in [-0.4, -0.2) is 42.2 Å². The molecule has 0 bridgehead atoms. The highest BCUT2D eigenvalue weighted by Crippen LogP contribution is 2.43. The first-order valence-electron chi connectivity index (χ1n) is 8.96. The van der Waals surface area contributed by atoms with E-state index in [1.807, 2.05) is 0 Å². The summed E-state index contributed by atoms with van der Waals surface area (Å²) in [5.41, 5.74) is 7.34. The normalized spacial score (nSPS) is 19.8. The van der Waals surface area contributed by atoms with Crippen LogP contribution in [0.2, 0.25) is 5.02 Å². The van der Waals surface area contributed by atoms with E-state index in [-0.39, 0.29) is 32.2 Å². The Kier molecular flexibility index (Phi) is 4.39. The number of rotatable bonds is 1. The zero-order valence-corrected chi connectivity index (χ0v) is 16.3. The van der Waals surface area contributed by atoms with E-state index in [2.05, 4.69) is 15.2 Å². The molecule has 28 heavy (non-hydrogen) atoms. The molecular weight excluding hydrogens is 406 g/mol. The van der Waals surface area contributed by atoms with Crippen molar-refractivity contribution in [2.45, 2.75) is 12.6 Å². The molecular formula is C19H17ClF2N4OS. The Balaban J connectivity index is 1.67. The fourth-order valence-corrected chi connectivity index (χ4v) is 5.02. The Labute approximate surface area is 169 Å². The topological polar surface area (TPSA) is 63.4 Å². The van der Waals surface area contributed by atoms with Gasteiger partial charge in [-0.15, -0.1) is 0 Å². The largest absolute Gasteiger partial charge is 0.488 e. The summed E-state index contributed by atoms with van der Waals surface area (Å²) in [6.07, 6.45) is 0. The molecule has 2 aliphatic rings. The Morgan fingerprint density at radius 3 is 3.07 bits per heavy atom. The van der Waals surface area contributed by atoms with Crippen LogP contribution in [0.3, 0.4) is 0 Å². The number of aromatic nitrogens is 1. The minimum atomic E-state index is -0.546. The molecule has 146 valence electrons. The summed E-state index contributed by atoms with van der Waals surface area (Å²) in [6, 6.07) is 4.68. The van der Waals surface area contributed by atoms with Crippen LogP contribution in [0.1, 0.15) is 5.56 Å². The molecule has 1 fully saturated rings. The van der Waals surface area contributed by atoms with Crippen LogP contribution in [0.5, 0.6) is 5.75 Å². The van der Waals surface area contributed by atoms with Crippen LogP contribution < -0.4 is 15.8 Å². The Morgan fingerprint density at radius 1 is 1.36 bits per heavy atom. The standard InChI is InChI=1S/C19H17ClF2N4OS/c20-12-5-9-7-26-4-3-24-6-10(26)8-27-17(9)15(22)14(12)11-1-2-13(21)18-16(11)25-19(23)28-18/h1-2,5,10,24H,3-4,6-8H2,(H2,23,25)/t10-/m0/s1. The van der Waals surface area contributed by atoms with Crippen LogP contribution in [0.15, 0.2) is 18.2 Å². The van der Waals surface area contributed by atoms with E-state index in [1.165, 1.54) is 12.1 Å². The summed E-state index contributed by atoms with van der Waals surface area (Å²) in [7, 11) is 0. The van der Waals surface area contributed by atoms with E-state index in [4.69, 9.17) is 22.1 Å². The number of ether oxygens (including phenoxy) is 1. The smallest absolute Gasteiger partial charge is 0.181 e. The second-order valence-electron chi connectivity index (χ2n) is 7.00. The first-order valence-corrected chi connectivity index (χ1v) is 10.2. The highest BCUT2D eigenvalue weighted by Gasteiger charge is 2.31. The summed E-state index contributed by atoms with van der Waals surface area (Å²) in [4.78, 5) is 6.47. The Morgan fingerprint density at radius 2 is 2.21 bits per heavy atom. The van der Waals surface area contributed by atoms with Crippen LogP contribution in [0, 0.1) is 11.6 Å². The lowest BCUT2D eigenvalue weighted by Crippen LogP contribution is -2.52. The summed E-state index contributed by atoms with van der Waals surface area (Å²) >= 11 is 7.53. The SMILES string of the molecule is Nc1nc2c(-c3c(Cl)cc4c(c3F)OC[C@@H]3CNCCN3C4)ccc(F)c2s1. The van der Waals surface area contributed by atoms with Gasteiger partial charge in [-0.2, -0.15) is 0 Å². The maximum Gasteiger partial charge on any atom is 0.181 e. The van der Waals surface area contributed by atoms with Gasteiger partial charge in [0.15, 0.2) is 16.7 Å². The van der Waals surface area contributed by atoms with E-state index in [1.54, 1.807) is 6.07 Å². The highest BCUT2D eigenvalue weighted by atomic mass is 35.5. The lowest BCUT2D eigenvalue weighted by molar-refractivity contribution is 0.119. The predicted octanol–water partition coefficient (Wildman–Crippen LogP) is 3.64. The molecule has 0 radical (unpaired) electrons. The number of halogens is 3. The van der Waals surface area contributed by atoms with E-state index in [0.717, 1.165) is 31.0 Å². The molecule has 1 saturated heterocycles. The summed E-state index contributed by atoms with van der Waals surface area (Å²) < 4.78 is 35.9.